The van der Waals surface area contributed by atoms with E-state index in [2.05, 4.69) is 0 Å². The Morgan fingerprint density at radius 3 is 2.25 bits per heavy atom. The molecule has 0 saturated heterocycles. The number of thioether (sulfide) groups is 1. The van der Waals surface area contributed by atoms with Gasteiger partial charge in [0.25, 0.3) is 5.56 Å². The second kappa shape index (κ2) is 4.04. The summed E-state index contributed by atoms with van der Waals surface area (Å²) >= 11 is -0.904. The number of aromatic carboxylic acids is 1. The van der Waals surface area contributed by atoms with E-state index in [-0.39, 0.29) is 0 Å². The smallest absolute Gasteiger partial charge is 0.446 e. The highest BCUT2D eigenvalue weighted by Gasteiger charge is 2.33. The third-order valence-corrected chi connectivity index (χ3v) is 2.16. The third kappa shape index (κ3) is 2.89. The van der Waals surface area contributed by atoms with Crippen LogP contribution in [0.15, 0.2) is 14.5 Å². The molecule has 0 radical (unpaired) electrons. The summed E-state index contributed by atoms with van der Waals surface area (Å²) in [6.45, 7) is 0. The summed E-state index contributed by atoms with van der Waals surface area (Å²) in [5.74, 6) is -1.82. The Morgan fingerprint density at radius 1 is 1.25 bits per heavy atom. The van der Waals surface area contributed by atoms with Gasteiger partial charge in [-0.25, -0.2) is 9.59 Å². The first kappa shape index (κ1) is 12.4. The maximum Gasteiger partial charge on any atom is 0.446 e. The Balaban J connectivity index is 3.42. The molecule has 1 rings (SSSR count). The van der Waals surface area contributed by atoms with Gasteiger partial charge in [-0.1, -0.05) is 0 Å². The zero-order valence-corrected chi connectivity index (χ0v) is 8.03. The topological polar surface area (TPSA) is 103 Å². The third-order valence-electron chi connectivity index (χ3n) is 1.33. The van der Waals surface area contributed by atoms with Gasteiger partial charge in [0.15, 0.2) is 0 Å². The van der Waals surface area contributed by atoms with E-state index in [1.165, 1.54) is 4.98 Å². The fraction of sp³-hybridized carbons (Fsp3) is 0.167. The van der Waals surface area contributed by atoms with Crippen molar-refractivity contribution in [3.8, 4) is 0 Å². The average Bonchev–Trinajstić information content (AvgIpc) is 2.07. The largest absolute Gasteiger partial charge is 0.477 e. The van der Waals surface area contributed by atoms with E-state index in [9.17, 15) is 27.6 Å². The number of hydrogen-bond donors (Lipinski definition) is 3. The molecule has 0 spiro atoms. The van der Waals surface area contributed by atoms with Crippen molar-refractivity contribution in [2.75, 3.05) is 0 Å². The lowest BCUT2D eigenvalue weighted by Gasteiger charge is -2.06. The van der Waals surface area contributed by atoms with Crippen molar-refractivity contribution in [1.82, 2.24) is 9.97 Å². The molecule has 0 unspecified atom stereocenters. The van der Waals surface area contributed by atoms with Crippen molar-refractivity contribution in [2.24, 2.45) is 0 Å². The first-order chi connectivity index (χ1) is 7.20. The van der Waals surface area contributed by atoms with E-state index in [4.69, 9.17) is 5.11 Å². The number of aromatic amines is 2. The minimum atomic E-state index is -4.82. The van der Waals surface area contributed by atoms with Gasteiger partial charge < -0.3 is 10.1 Å². The average molecular weight is 256 g/mol. The van der Waals surface area contributed by atoms with Crippen molar-refractivity contribution >= 4 is 17.7 Å². The molecule has 6 nitrogen and oxygen atoms in total. The van der Waals surface area contributed by atoms with Gasteiger partial charge >= 0.3 is 17.2 Å². The molecule has 0 aliphatic rings. The number of H-pyrrole nitrogens is 2. The number of hydrogen-bond acceptors (Lipinski definition) is 4. The molecule has 88 valence electrons. The van der Waals surface area contributed by atoms with Crippen LogP contribution in [-0.4, -0.2) is 26.6 Å². The summed E-state index contributed by atoms with van der Waals surface area (Å²) < 4.78 is 36.0. The Bertz CT molecular complexity index is 532. The normalized spacial score (nSPS) is 11.4. The molecular weight excluding hydrogens is 253 g/mol. The zero-order chi connectivity index (χ0) is 12.5. The number of nitrogens with one attached hydrogen (secondary N) is 2. The van der Waals surface area contributed by atoms with Gasteiger partial charge in [0.1, 0.15) is 10.6 Å². The second-order valence-corrected chi connectivity index (χ2v) is 3.54. The molecule has 0 atom stereocenters. The van der Waals surface area contributed by atoms with E-state index in [0.717, 1.165) is 0 Å². The van der Waals surface area contributed by atoms with Crippen LogP contribution < -0.4 is 11.2 Å². The Hall–Kier alpha value is -1.71. The van der Waals surface area contributed by atoms with Crippen molar-refractivity contribution in [3.05, 3.63) is 26.5 Å². The highest BCUT2D eigenvalue weighted by Crippen LogP contribution is 2.35. The van der Waals surface area contributed by atoms with Gasteiger partial charge in [-0.3, -0.25) is 9.78 Å². The number of halogens is 3. The van der Waals surface area contributed by atoms with E-state index in [1.54, 1.807) is 4.98 Å². The monoisotopic (exact) mass is 256 g/mol. The van der Waals surface area contributed by atoms with Gasteiger partial charge in [-0.2, -0.15) is 13.2 Å². The van der Waals surface area contributed by atoms with Gasteiger partial charge in [-0.05, 0) is 11.8 Å². The van der Waals surface area contributed by atoms with Crippen LogP contribution in [-0.2, 0) is 0 Å². The van der Waals surface area contributed by atoms with E-state index >= 15 is 0 Å². The Kier molecular flexibility index (Phi) is 3.12. The SMILES string of the molecule is O=C(O)c1[nH]c(=O)[nH]c(=O)c1SC(F)(F)F. The van der Waals surface area contributed by atoms with Crippen LogP contribution in [0.4, 0.5) is 13.2 Å². The number of carboxylic acid groups (broad SMARTS) is 1. The molecule has 0 fully saturated rings. The zero-order valence-electron chi connectivity index (χ0n) is 7.21. The van der Waals surface area contributed by atoms with E-state index < -0.39 is 45.1 Å². The maximum atomic E-state index is 12.0. The number of rotatable bonds is 2. The quantitative estimate of drug-likeness (QED) is 0.663. The minimum Gasteiger partial charge on any atom is -0.477 e. The molecule has 1 heterocycles. The molecule has 0 amide bonds. The highest BCUT2D eigenvalue weighted by atomic mass is 32.2. The molecule has 0 aliphatic carbocycles. The summed E-state index contributed by atoms with van der Waals surface area (Å²) in [6, 6.07) is 0. The summed E-state index contributed by atoms with van der Waals surface area (Å²) in [4.78, 5) is 34.2. The van der Waals surface area contributed by atoms with Crippen LogP contribution >= 0.6 is 11.8 Å². The van der Waals surface area contributed by atoms with Crippen LogP contribution in [0, 0.1) is 0 Å². The summed E-state index contributed by atoms with van der Waals surface area (Å²) in [6.07, 6.45) is 0. The van der Waals surface area contributed by atoms with Gasteiger partial charge in [-0.15, -0.1) is 0 Å². The standard InChI is InChI=1S/C6H3F3N2O4S/c7-6(8,9)16-2-1(4(13)14)10-5(15)11-3(2)12/h(H,13,14)(H2,10,11,12,15). The summed E-state index contributed by atoms with van der Waals surface area (Å²) in [5.41, 5.74) is -8.50. The summed E-state index contributed by atoms with van der Waals surface area (Å²) in [7, 11) is 0. The molecule has 16 heavy (non-hydrogen) atoms. The van der Waals surface area contributed by atoms with Gasteiger partial charge in [0.05, 0.1) is 0 Å². The van der Waals surface area contributed by atoms with Crippen LogP contribution in [0.5, 0.6) is 0 Å². The predicted molar refractivity (Wildman–Crippen MR) is 46.6 cm³/mol. The van der Waals surface area contributed by atoms with Crippen molar-refractivity contribution in [2.45, 2.75) is 10.4 Å². The fourth-order valence-electron chi connectivity index (χ4n) is 0.839. The lowest BCUT2D eigenvalue weighted by molar-refractivity contribution is -0.0328. The molecule has 1 aromatic rings. The van der Waals surface area contributed by atoms with Crippen molar-refractivity contribution in [1.29, 1.82) is 0 Å². The molecule has 3 N–H and O–H groups in total. The number of aromatic nitrogens is 2. The van der Waals surface area contributed by atoms with Crippen molar-refractivity contribution < 1.29 is 23.1 Å². The summed E-state index contributed by atoms with van der Waals surface area (Å²) in [5, 5.41) is 8.51. The van der Waals surface area contributed by atoms with E-state index in [0.29, 0.717) is 0 Å². The van der Waals surface area contributed by atoms with Gasteiger partial charge in [0, 0.05) is 0 Å². The molecule has 10 heteroatoms. The highest BCUT2D eigenvalue weighted by molar-refractivity contribution is 8.00. The number of carbonyl (C=O) groups is 1. The first-order valence-corrected chi connectivity index (χ1v) is 4.38. The Labute approximate surface area is 88.5 Å². The minimum absolute atomic E-state index is 0.904. The first-order valence-electron chi connectivity index (χ1n) is 3.56. The van der Waals surface area contributed by atoms with Crippen LogP contribution in [0.2, 0.25) is 0 Å². The maximum absolute atomic E-state index is 12.0. The predicted octanol–water partition coefficient (Wildman–Crippen LogP) is 0.373. The molecule has 1 aromatic heterocycles. The Morgan fingerprint density at radius 2 is 1.81 bits per heavy atom. The lowest BCUT2D eigenvalue weighted by atomic mass is 10.4. The molecular formula is C6H3F3N2O4S. The fourth-order valence-corrected chi connectivity index (χ4v) is 1.45. The lowest BCUT2D eigenvalue weighted by Crippen LogP contribution is -2.28. The van der Waals surface area contributed by atoms with Crippen LogP contribution in [0.3, 0.4) is 0 Å². The van der Waals surface area contributed by atoms with Gasteiger partial charge in [0.2, 0.25) is 0 Å². The molecule has 0 saturated carbocycles. The molecule has 0 bridgehead atoms. The second-order valence-electron chi connectivity index (χ2n) is 2.47. The molecule has 0 aromatic carbocycles. The van der Waals surface area contributed by atoms with E-state index in [1.807, 2.05) is 0 Å². The van der Waals surface area contributed by atoms with Crippen molar-refractivity contribution in [3.63, 3.8) is 0 Å². The number of alkyl halides is 3. The van der Waals surface area contributed by atoms with Crippen LogP contribution in [0.25, 0.3) is 0 Å². The molecule has 0 aliphatic heterocycles. The van der Waals surface area contributed by atoms with Crippen LogP contribution in [0.1, 0.15) is 10.5 Å². The number of carboxylic acids is 1.